The molecule has 2 rings (SSSR count). The van der Waals surface area contributed by atoms with Crippen molar-refractivity contribution in [3.63, 3.8) is 0 Å². The first-order chi connectivity index (χ1) is 10.2. The third-order valence-electron chi connectivity index (χ3n) is 3.03. The second-order valence-corrected chi connectivity index (χ2v) is 6.10. The van der Waals surface area contributed by atoms with Gasteiger partial charge in [-0.2, -0.15) is 0 Å². The van der Waals surface area contributed by atoms with Crippen LogP contribution in [0.25, 0.3) is 6.08 Å². The van der Waals surface area contributed by atoms with Gasteiger partial charge in [0.1, 0.15) is 10.1 Å². The predicted molar refractivity (Wildman–Crippen MR) is 89.4 cm³/mol. The standard InChI is InChI=1S/C15H17NO3S2/c1-18-9-5-8-16-14(17)13(21-15(16)20)10-11-6-3-4-7-12(11)19-2/h3-4,6-7,10H,5,8-9H2,1-2H3. The Hall–Kier alpha value is -1.37. The summed E-state index contributed by atoms with van der Waals surface area (Å²) in [7, 11) is 3.26. The van der Waals surface area contributed by atoms with Gasteiger partial charge in [-0.1, -0.05) is 42.2 Å². The minimum atomic E-state index is -0.0491. The summed E-state index contributed by atoms with van der Waals surface area (Å²) in [5.74, 6) is 0.689. The molecule has 1 aromatic carbocycles. The number of ether oxygens (including phenoxy) is 2. The van der Waals surface area contributed by atoms with Crippen LogP contribution in [0, 0.1) is 0 Å². The van der Waals surface area contributed by atoms with E-state index in [0.717, 1.165) is 17.7 Å². The number of nitrogens with zero attached hydrogens (tertiary/aromatic N) is 1. The number of methoxy groups -OCH3 is 2. The molecule has 1 aliphatic heterocycles. The molecule has 112 valence electrons. The zero-order chi connectivity index (χ0) is 15.2. The molecule has 1 amide bonds. The van der Waals surface area contributed by atoms with Gasteiger partial charge in [0, 0.05) is 25.8 Å². The quantitative estimate of drug-likeness (QED) is 0.457. The fraction of sp³-hybridized carbons (Fsp3) is 0.333. The lowest BCUT2D eigenvalue weighted by atomic mass is 10.2. The lowest BCUT2D eigenvalue weighted by Gasteiger charge is -2.13. The Bertz CT molecular complexity index is 572. The number of hydrogen-bond donors (Lipinski definition) is 0. The van der Waals surface area contributed by atoms with Crippen LogP contribution < -0.4 is 4.74 Å². The Kier molecular flexibility index (Phi) is 5.78. The molecule has 1 aromatic rings. The van der Waals surface area contributed by atoms with Gasteiger partial charge in [0.25, 0.3) is 5.91 Å². The molecule has 0 bridgehead atoms. The van der Waals surface area contributed by atoms with Gasteiger partial charge in [-0.15, -0.1) is 0 Å². The van der Waals surface area contributed by atoms with Crippen molar-refractivity contribution in [2.24, 2.45) is 0 Å². The van der Waals surface area contributed by atoms with Gasteiger partial charge < -0.3 is 9.47 Å². The summed E-state index contributed by atoms with van der Waals surface area (Å²) in [5, 5.41) is 0. The van der Waals surface area contributed by atoms with Crippen molar-refractivity contribution in [1.29, 1.82) is 0 Å². The minimum Gasteiger partial charge on any atom is -0.496 e. The van der Waals surface area contributed by atoms with Crippen LogP contribution in [0.2, 0.25) is 0 Å². The van der Waals surface area contributed by atoms with E-state index in [1.807, 2.05) is 30.3 Å². The van der Waals surface area contributed by atoms with Crippen LogP contribution >= 0.6 is 24.0 Å². The van der Waals surface area contributed by atoms with Crippen LogP contribution in [-0.2, 0) is 9.53 Å². The Morgan fingerprint density at radius 3 is 2.81 bits per heavy atom. The van der Waals surface area contributed by atoms with Crippen molar-refractivity contribution in [2.45, 2.75) is 6.42 Å². The van der Waals surface area contributed by atoms with Crippen molar-refractivity contribution in [2.75, 3.05) is 27.4 Å². The topological polar surface area (TPSA) is 38.8 Å². The zero-order valence-electron chi connectivity index (χ0n) is 12.0. The smallest absolute Gasteiger partial charge is 0.266 e. The van der Waals surface area contributed by atoms with Gasteiger partial charge in [-0.25, -0.2) is 0 Å². The zero-order valence-corrected chi connectivity index (χ0v) is 13.6. The van der Waals surface area contributed by atoms with E-state index < -0.39 is 0 Å². The summed E-state index contributed by atoms with van der Waals surface area (Å²) < 4.78 is 10.9. The number of rotatable bonds is 6. The summed E-state index contributed by atoms with van der Waals surface area (Å²) in [6.07, 6.45) is 2.60. The number of benzene rings is 1. The van der Waals surface area contributed by atoms with E-state index in [1.165, 1.54) is 11.8 Å². The van der Waals surface area contributed by atoms with E-state index in [0.29, 0.717) is 22.4 Å². The Morgan fingerprint density at radius 2 is 2.10 bits per heavy atom. The molecule has 6 heteroatoms. The highest BCUT2D eigenvalue weighted by Crippen LogP contribution is 2.34. The highest BCUT2D eigenvalue weighted by atomic mass is 32.2. The molecular weight excluding hydrogens is 306 g/mol. The van der Waals surface area contributed by atoms with Gasteiger partial charge in [0.15, 0.2) is 0 Å². The second-order valence-electron chi connectivity index (χ2n) is 4.42. The first-order valence-corrected chi connectivity index (χ1v) is 7.77. The molecule has 0 radical (unpaired) electrons. The molecule has 4 nitrogen and oxygen atoms in total. The number of para-hydroxylation sites is 1. The number of amides is 1. The summed E-state index contributed by atoms with van der Waals surface area (Å²) in [4.78, 5) is 14.6. The van der Waals surface area contributed by atoms with Crippen LogP contribution in [0.4, 0.5) is 0 Å². The second kappa shape index (κ2) is 7.59. The highest BCUT2D eigenvalue weighted by molar-refractivity contribution is 8.26. The van der Waals surface area contributed by atoms with Crippen molar-refractivity contribution < 1.29 is 14.3 Å². The molecular formula is C15H17NO3S2. The fourth-order valence-corrected chi connectivity index (χ4v) is 3.29. The SMILES string of the molecule is COCCCN1C(=O)C(=Cc2ccccc2OC)SC1=S. The van der Waals surface area contributed by atoms with Crippen molar-refractivity contribution >= 4 is 40.3 Å². The third-order valence-corrected chi connectivity index (χ3v) is 4.41. The van der Waals surface area contributed by atoms with E-state index in [2.05, 4.69) is 0 Å². The van der Waals surface area contributed by atoms with Crippen LogP contribution in [0.1, 0.15) is 12.0 Å². The van der Waals surface area contributed by atoms with Crippen LogP contribution in [0.15, 0.2) is 29.2 Å². The van der Waals surface area contributed by atoms with Crippen LogP contribution in [0.5, 0.6) is 5.75 Å². The number of thiocarbonyl (C=S) groups is 1. The van der Waals surface area contributed by atoms with Crippen LogP contribution in [-0.4, -0.2) is 42.5 Å². The Balaban J connectivity index is 2.16. The molecule has 1 saturated heterocycles. The lowest BCUT2D eigenvalue weighted by molar-refractivity contribution is -0.122. The maximum atomic E-state index is 12.4. The van der Waals surface area contributed by atoms with Crippen molar-refractivity contribution in [3.8, 4) is 5.75 Å². The van der Waals surface area contributed by atoms with E-state index in [-0.39, 0.29) is 5.91 Å². The molecule has 0 saturated carbocycles. The highest BCUT2D eigenvalue weighted by Gasteiger charge is 2.31. The first-order valence-electron chi connectivity index (χ1n) is 6.54. The van der Waals surface area contributed by atoms with Gasteiger partial charge in [-0.05, 0) is 18.6 Å². The normalized spacial score (nSPS) is 16.9. The van der Waals surface area contributed by atoms with E-state index >= 15 is 0 Å². The minimum absolute atomic E-state index is 0.0491. The summed E-state index contributed by atoms with van der Waals surface area (Å²) >= 11 is 6.60. The first kappa shape index (κ1) is 16.0. The third kappa shape index (κ3) is 3.84. The molecule has 0 N–H and O–H groups in total. The van der Waals surface area contributed by atoms with E-state index in [4.69, 9.17) is 21.7 Å². The number of carbonyl (C=O) groups excluding carboxylic acids is 1. The van der Waals surface area contributed by atoms with Gasteiger partial charge >= 0.3 is 0 Å². The van der Waals surface area contributed by atoms with Gasteiger partial charge in [0.05, 0.1) is 12.0 Å². The summed E-state index contributed by atoms with van der Waals surface area (Å²) in [6.45, 7) is 1.20. The maximum absolute atomic E-state index is 12.4. The average Bonchev–Trinajstić information content (AvgIpc) is 2.75. The van der Waals surface area contributed by atoms with E-state index in [9.17, 15) is 4.79 Å². The molecule has 1 aliphatic rings. The Morgan fingerprint density at radius 1 is 1.33 bits per heavy atom. The fourth-order valence-electron chi connectivity index (χ4n) is 1.99. The molecule has 0 unspecified atom stereocenters. The van der Waals surface area contributed by atoms with Gasteiger partial charge in [0.2, 0.25) is 0 Å². The summed E-state index contributed by atoms with van der Waals surface area (Å²) in [6, 6.07) is 7.58. The van der Waals surface area contributed by atoms with E-state index in [1.54, 1.807) is 19.1 Å². The summed E-state index contributed by atoms with van der Waals surface area (Å²) in [5.41, 5.74) is 0.873. The predicted octanol–water partition coefficient (Wildman–Crippen LogP) is 2.93. The largest absolute Gasteiger partial charge is 0.496 e. The lowest BCUT2D eigenvalue weighted by Crippen LogP contribution is -2.29. The van der Waals surface area contributed by atoms with Crippen molar-refractivity contribution in [3.05, 3.63) is 34.7 Å². The number of thioether (sulfide) groups is 1. The molecule has 1 heterocycles. The molecule has 0 aliphatic carbocycles. The maximum Gasteiger partial charge on any atom is 0.266 e. The molecule has 0 aromatic heterocycles. The monoisotopic (exact) mass is 323 g/mol. The molecule has 21 heavy (non-hydrogen) atoms. The average molecular weight is 323 g/mol. The van der Waals surface area contributed by atoms with Gasteiger partial charge in [-0.3, -0.25) is 9.69 Å². The van der Waals surface area contributed by atoms with Crippen LogP contribution in [0.3, 0.4) is 0 Å². The molecule has 0 spiro atoms. The molecule has 0 atom stereocenters. The number of hydrogen-bond acceptors (Lipinski definition) is 5. The number of carbonyl (C=O) groups is 1. The Labute approximate surface area is 134 Å². The molecule has 1 fully saturated rings. The van der Waals surface area contributed by atoms with Crippen molar-refractivity contribution in [1.82, 2.24) is 4.90 Å².